The highest BCUT2D eigenvalue weighted by Gasteiger charge is 2.07. The predicted molar refractivity (Wildman–Crippen MR) is 63.1 cm³/mol. The zero-order valence-corrected chi connectivity index (χ0v) is 9.61. The Morgan fingerprint density at radius 3 is 3.00 bits per heavy atom. The molecule has 0 unspecified atom stereocenters. The molecule has 2 aromatic rings. The van der Waals surface area contributed by atoms with Crippen molar-refractivity contribution >= 4 is 17.9 Å². The number of rotatable bonds is 3. The fourth-order valence-electron chi connectivity index (χ4n) is 1.60. The molecule has 1 heterocycles. The summed E-state index contributed by atoms with van der Waals surface area (Å²) in [7, 11) is 0. The molecule has 0 aliphatic rings. The van der Waals surface area contributed by atoms with Crippen molar-refractivity contribution in [3.8, 4) is 5.69 Å². The second-order valence-corrected chi connectivity index (χ2v) is 3.95. The van der Waals surface area contributed by atoms with Crippen molar-refractivity contribution in [3.05, 3.63) is 46.7 Å². The van der Waals surface area contributed by atoms with Crippen LogP contribution in [0.4, 0.5) is 0 Å². The second-order valence-electron chi connectivity index (χ2n) is 3.52. The van der Waals surface area contributed by atoms with E-state index in [1.54, 1.807) is 10.9 Å². The first kappa shape index (κ1) is 10.9. The number of carbonyl (C=O) groups excluding carboxylic acids is 1. The van der Waals surface area contributed by atoms with Crippen molar-refractivity contribution in [2.75, 3.05) is 0 Å². The first-order chi connectivity index (χ1) is 7.72. The number of hydrogen-bond donors (Lipinski definition) is 0. The molecule has 0 radical (unpaired) electrons. The number of halogens is 1. The molecule has 0 aliphatic carbocycles. The molecular formula is C12H11ClN2O. The number of nitrogens with zero attached hydrogens (tertiary/aromatic N) is 2. The lowest BCUT2D eigenvalue weighted by molar-refractivity contribution is -0.107. The Morgan fingerprint density at radius 1 is 1.50 bits per heavy atom. The summed E-state index contributed by atoms with van der Waals surface area (Å²) >= 11 is 5.92. The van der Waals surface area contributed by atoms with Crippen LogP contribution < -0.4 is 0 Å². The number of aromatic nitrogens is 2. The van der Waals surface area contributed by atoms with Gasteiger partial charge in [0.1, 0.15) is 6.29 Å². The van der Waals surface area contributed by atoms with Crippen LogP contribution in [0.5, 0.6) is 0 Å². The van der Waals surface area contributed by atoms with Crippen molar-refractivity contribution in [2.45, 2.75) is 13.3 Å². The summed E-state index contributed by atoms with van der Waals surface area (Å²) in [6, 6.07) is 7.46. The fourth-order valence-corrected chi connectivity index (χ4v) is 1.79. The van der Waals surface area contributed by atoms with Gasteiger partial charge in [0.25, 0.3) is 0 Å². The summed E-state index contributed by atoms with van der Waals surface area (Å²) < 4.78 is 1.78. The third kappa shape index (κ3) is 1.99. The van der Waals surface area contributed by atoms with Crippen LogP contribution in [0.1, 0.15) is 11.3 Å². The predicted octanol–water partition coefficient (Wildman–Crippen LogP) is 2.58. The normalized spacial score (nSPS) is 10.4. The monoisotopic (exact) mass is 234 g/mol. The van der Waals surface area contributed by atoms with Gasteiger partial charge in [-0.1, -0.05) is 17.7 Å². The molecule has 0 aliphatic heterocycles. The third-order valence-electron chi connectivity index (χ3n) is 2.47. The Balaban J connectivity index is 2.44. The van der Waals surface area contributed by atoms with E-state index in [9.17, 15) is 4.79 Å². The van der Waals surface area contributed by atoms with Crippen molar-refractivity contribution in [1.29, 1.82) is 0 Å². The Morgan fingerprint density at radius 2 is 2.31 bits per heavy atom. The van der Waals surface area contributed by atoms with Gasteiger partial charge >= 0.3 is 0 Å². The van der Waals surface area contributed by atoms with Crippen LogP contribution in [0.3, 0.4) is 0 Å². The number of hydrogen-bond acceptors (Lipinski definition) is 2. The van der Waals surface area contributed by atoms with Crippen molar-refractivity contribution < 1.29 is 4.79 Å². The summed E-state index contributed by atoms with van der Waals surface area (Å²) in [6.45, 7) is 1.94. The van der Waals surface area contributed by atoms with Crippen LogP contribution in [0.2, 0.25) is 5.02 Å². The van der Waals surface area contributed by atoms with E-state index in [1.165, 1.54) is 0 Å². The lowest BCUT2D eigenvalue weighted by Gasteiger charge is -2.05. The molecule has 0 saturated heterocycles. The number of benzene rings is 1. The summed E-state index contributed by atoms with van der Waals surface area (Å²) in [5, 5.41) is 4.92. The maximum Gasteiger partial charge on any atom is 0.124 e. The highest BCUT2D eigenvalue weighted by Crippen LogP contribution is 2.17. The van der Waals surface area contributed by atoms with Gasteiger partial charge in [-0.3, -0.25) is 0 Å². The molecule has 0 saturated carbocycles. The molecule has 0 fully saturated rings. The Labute approximate surface area is 98.7 Å². The summed E-state index contributed by atoms with van der Waals surface area (Å²) in [5.74, 6) is 0. The van der Waals surface area contributed by atoms with Gasteiger partial charge in [-0.2, -0.15) is 5.10 Å². The standard InChI is InChI=1S/C12H11ClN2O/c1-9-10(5-6-16)8-14-15(9)12-4-2-3-11(13)7-12/h2-4,6-8H,5H2,1H3. The van der Waals surface area contributed by atoms with Crippen LogP contribution in [0.25, 0.3) is 5.69 Å². The fraction of sp³-hybridized carbons (Fsp3) is 0.167. The van der Waals surface area contributed by atoms with Crippen LogP contribution in [0, 0.1) is 6.92 Å². The maximum atomic E-state index is 10.5. The van der Waals surface area contributed by atoms with E-state index in [0.29, 0.717) is 11.4 Å². The summed E-state index contributed by atoms with van der Waals surface area (Å²) in [4.78, 5) is 10.5. The molecule has 16 heavy (non-hydrogen) atoms. The average Bonchev–Trinajstić information content (AvgIpc) is 2.61. The van der Waals surface area contributed by atoms with Crippen LogP contribution in [0.15, 0.2) is 30.5 Å². The van der Waals surface area contributed by atoms with E-state index < -0.39 is 0 Å². The van der Waals surface area contributed by atoms with Gasteiger partial charge < -0.3 is 4.79 Å². The van der Waals surface area contributed by atoms with Crippen LogP contribution in [-0.2, 0) is 11.2 Å². The molecule has 0 N–H and O–H groups in total. The van der Waals surface area contributed by atoms with Gasteiger partial charge in [0, 0.05) is 22.7 Å². The van der Waals surface area contributed by atoms with E-state index in [1.807, 2.05) is 31.2 Å². The quantitative estimate of drug-likeness (QED) is 0.765. The van der Waals surface area contributed by atoms with E-state index >= 15 is 0 Å². The summed E-state index contributed by atoms with van der Waals surface area (Å²) in [5.41, 5.74) is 2.81. The van der Waals surface area contributed by atoms with Crippen molar-refractivity contribution in [1.82, 2.24) is 9.78 Å². The second kappa shape index (κ2) is 4.49. The molecule has 0 bridgehead atoms. The minimum atomic E-state index is 0.395. The highest BCUT2D eigenvalue weighted by molar-refractivity contribution is 6.30. The molecule has 0 atom stereocenters. The number of aldehydes is 1. The lowest BCUT2D eigenvalue weighted by atomic mass is 10.2. The molecule has 2 rings (SSSR count). The first-order valence-corrected chi connectivity index (χ1v) is 5.33. The van der Waals surface area contributed by atoms with E-state index in [-0.39, 0.29) is 0 Å². The maximum absolute atomic E-state index is 10.5. The zero-order valence-electron chi connectivity index (χ0n) is 8.85. The molecule has 3 nitrogen and oxygen atoms in total. The highest BCUT2D eigenvalue weighted by atomic mass is 35.5. The number of carbonyl (C=O) groups is 1. The third-order valence-corrected chi connectivity index (χ3v) is 2.70. The molecular weight excluding hydrogens is 224 g/mol. The van der Waals surface area contributed by atoms with E-state index in [4.69, 9.17) is 11.6 Å². The largest absolute Gasteiger partial charge is 0.303 e. The van der Waals surface area contributed by atoms with Crippen molar-refractivity contribution in [2.24, 2.45) is 0 Å². The molecule has 4 heteroatoms. The topological polar surface area (TPSA) is 34.9 Å². The Hall–Kier alpha value is -1.61. The van der Waals surface area contributed by atoms with Gasteiger partial charge in [0.05, 0.1) is 11.9 Å². The van der Waals surface area contributed by atoms with Gasteiger partial charge in [-0.25, -0.2) is 4.68 Å². The van der Waals surface area contributed by atoms with E-state index in [2.05, 4.69) is 5.10 Å². The summed E-state index contributed by atoms with van der Waals surface area (Å²) in [6.07, 6.45) is 2.99. The van der Waals surface area contributed by atoms with Gasteiger partial charge in [0.2, 0.25) is 0 Å². The Bertz CT molecular complexity index is 519. The molecule has 1 aromatic heterocycles. The SMILES string of the molecule is Cc1c(CC=O)cnn1-c1cccc(Cl)c1. The van der Waals surface area contributed by atoms with E-state index in [0.717, 1.165) is 23.2 Å². The molecule has 1 aromatic carbocycles. The van der Waals surface area contributed by atoms with Gasteiger partial charge in [-0.05, 0) is 25.1 Å². The van der Waals surface area contributed by atoms with Gasteiger partial charge in [-0.15, -0.1) is 0 Å². The molecule has 82 valence electrons. The minimum absolute atomic E-state index is 0.395. The smallest absolute Gasteiger partial charge is 0.124 e. The lowest BCUT2D eigenvalue weighted by Crippen LogP contribution is -1.99. The Kier molecular flexibility index (Phi) is 3.06. The minimum Gasteiger partial charge on any atom is -0.303 e. The van der Waals surface area contributed by atoms with Crippen molar-refractivity contribution in [3.63, 3.8) is 0 Å². The van der Waals surface area contributed by atoms with Crippen LogP contribution >= 0.6 is 11.6 Å². The van der Waals surface area contributed by atoms with Crippen LogP contribution in [-0.4, -0.2) is 16.1 Å². The molecule has 0 spiro atoms. The molecule has 0 amide bonds. The first-order valence-electron chi connectivity index (χ1n) is 4.95. The average molecular weight is 235 g/mol. The zero-order chi connectivity index (χ0) is 11.5. The van der Waals surface area contributed by atoms with Gasteiger partial charge in [0.15, 0.2) is 0 Å².